The van der Waals surface area contributed by atoms with E-state index in [0.717, 1.165) is 0 Å². The van der Waals surface area contributed by atoms with Crippen LogP contribution in [0.25, 0.3) is 0 Å². The maximum absolute atomic E-state index is 10.9. The molecule has 1 aromatic rings. The highest BCUT2D eigenvalue weighted by Gasteiger charge is 2.06. The molecule has 1 aromatic heterocycles. The highest BCUT2D eigenvalue weighted by molar-refractivity contribution is 5.89. The molecule has 0 fully saturated rings. The zero-order chi connectivity index (χ0) is 10.0. The lowest BCUT2D eigenvalue weighted by Gasteiger charge is -2.07. The summed E-state index contributed by atoms with van der Waals surface area (Å²) in [5, 5.41) is 2.60. The molecule has 0 saturated heterocycles. The third-order valence-electron chi connectivity index (χ3n) is 1.60. The zero-order valence-electron chi connectivity index (χ0n) is 7.76. The van der Waals surface area contributed by atoms with E-state index in [2.05, 4.69) is 15.3 Å². The minimum absolute atomic E-state index is 0.181. The van der Waals surface area contributed by atoms with Gasteiger partial charge in [0.15, 0.2) is 0 Å². The molecule has 70 valence electrons. The van der Waals surface area contributed by atoms with Gasteiger partial charge in [-0.05, 0) is 13.8 Å². The van der Waals surface area contributed by atoms with Crippen LogP contribution >= 0.6 is 0 Å². The van der Waals surface area contributed by atoms with E-state index in [1.165, 1.54) is 6.92 Å². The Balaban J connectivity index is 3.20. The van der Waals surface area contributed by atoms with Crippen LogP contribution in [-0.2, 0) is 4.79 Å². The quantitative estimate of drug-likeness (QED) is 0.656. The molecule has 1 rings (SSSR count). The number of aryl methyl sites for hydroxylation is 2. The Morgan fingerprint density at radius 2 is 2.08 bits per heavy atom. The van der Waals surface area contributed by atoms with Gasteiger partial charge in [0.25, 0.3) is 0 Å². The first kappa shape index (κ1) is 9.44. The van der Waals surface area contributed by atoms with Gasteiger partial charge in [-0.3, -0.25) is 4.79 Å². The molecule has 0 spiro atoms. The van der Waals surface area contributed by atoms with Gasteiger partial charge in [0.2, 0.25) is 5.91 Å². The van der Waals surface area contributed by atoms with E-state index in [1.807, 2.05) is 0 Å². The fourth-order valence-electron chi connectivity index (χ4n) is 1.09. The maximum atomic E-state index is 10.9. The number of amides is 1. The molecule has 0 bridgehead atoms. The average Bonchev–Trinajstić information content (AvgIpc) is 1.96. The van der Waals surface area contributed by atoms with Crippen molar-refractivity contribution in [2.24, 2.45) is 0 Å². The monoisotopic (exact) mass is 181 g/mol. The predicted octanol–water partition coefficient (Wildman–Crippen LogP) is 0.345. The number of anilines is 1. The van der Waals surface area contributed by atoms with Crippen LogP contribution in [0.15, 0.2) is 4.79 Å². The van der Waals surface area contributed by atoms with Gasteiger partial charge >= 0.3 is 5.69 Å². The fourth-order valence-corrected chi connectivity index (χ4v) is 1.09. The van der Waals surface area contributed by atoms with Crippen molar-refractivity contribution in [1.29, 1.82) is 0 Å². The molecule has 0 atom stereocenters. The second-order valence-electron chi connectivity index (χ2n) is 2.81. The number of carbonyl (C=O) groups is 1. The second-order valence-corrected chi connectivity index (χ2v) is 2.81. The summed E-state index contributed by atoms with van der Waals surface area (Å²) >= 11 is 0. The van der Waals surface area contributed by atoms with E-state index < -0.39 is 5.69 Å². The Morgan fingerprint density at radius 1 is 1.46 bits per heavy atom. The zero-order valence-corrected chi connectivity index (χ0v) is 7.76. The summed E-state index contributed by atoms with van der Waals surface area (Å²) in [6, 6.07) is 0. The summed E-state index contributed by atoms with van der Waals surface area (Å²) in [5.74, 6) is -0.181. The Hall–Kier alpha value is -1.65. The van der Waals surface area contributed by atoms with Crippen LogP contribution in [0, 0.1) is 13.8 Å². The molecule has 0 aliphatic heterocycles. The Labute approximate surface area is 75.2 Å². The Morgan fingerprint density at radius 3 is 2.54 bits per heavy atom. The number of hydrogen-bond acceptors (Lipinski definition) is 3. The van der Waals surface area contributed by atoms with E-state index in [9.17, 15) is 9.59 Å². The SMILES string of the molecule is CC(=O)Nc1c(C)nc(=O)[nH]c1C. The normalized spacial score (nSPS) is 9.77. The number of nitrogens with zero attached hydrogens (tertiary/aromatic N) is 1. The number of H-pyrrole nitrogens is 1. The van der Waals surface area contributed by atoms with Crippen LogP contribution in [0.3, 0.4) is 0 Å². The first-order valence-corrected chi connectivity index (χ1v) is 3.86. The van der Waals surface area contributed by atoms with Crippen molar-refractivity contribution < 1.29 is 4.79 Å². The highest BCUT2D eigenvalue weighted by Crippen LogP contribution is 2.12. The van der Waals surface area contributed by atoms with Gasteiger partial charge in [-0.1, -0.05) is 0 Å². The van der Waals surface area contributed by atoms with E-state index in [-0.39, 0.29) is 5.91 Å². The van der Waals surface area contributed by atoms with E-state index >= 15 is 0 Å². The van der Waals surface area contributed by atoms with Crippen molar-refractivity contribution in [3.8, 4) is 0 Å². The number of rotatable bonds is 1. The summed E-state index contributed by atoms with van der Waals surface area (Å²) in [6.45, 7) is 4.79. The third kappa shape index (κ3) is 2.14. The molecule has 0 aromatic carbocycles. The lowest BCUT2D eigenvalue weighted by molar-refractivity contribution is -0.114. The summed E-state index contributed by atoms with van der Waals surface area (Å²) in [7, 11) is 0. The predicted molar refractivity (Wildman–Crippen MR) is 48.6 cm³/mol. The summed E-state index contributed by atoms with van der Waals surface area (Å²) in [6.07, 6.45) is 0. The topological polar surface area (TPSA) is 74.8 Å². The Kier molecular flexibility index (Phi) is 2.46. The van der Waals surface area contributed by atoms with Crippen molar-refractivity contribution in [2.75, 3.05) is 5.32 Å². The maximum Gasteiger partial charge on any atom is 0.345 e. The van der Waals surface area contributed by atoms with Crippen molar-refractivity contribution in [2.45, 2.75) is 20.8 Å². The van der Waals surface area contributed by atoms with Gasteiger partial charge in [0.05, 0.1) is 11.4 Å². The van der Waals surface area contributed by atoms with Crippen molar-refractivity contribution >= 4 is 11.6 Å². The molecule has 0 saturated carbocycles. The number of carbonyl (C=O) groups excluding carboxylic acids is 1. The lowest BCUT2D eigenvalue weighted by Crippen LogP contribution is -2.18. The number of nitrogens with one attached hydrogen (secondary N) is 2. The molecule has 0 unspecified atom stereocenters. The minimum atomic E-state index is -0.399. The smallest absolute Gasteiger partial charge is 0.323 e. The molecule has 13 heavy (non-hydrogen) atoms. The number of hydrogen-bond donors (Lipinski definition) is 2. The molecule has 1 amide bonds. The van der Waals surface area contributed by atoms with Gasteiger partial charge in [-0.25, -0.2) is 4.79 Å². The molecular formula is C8H11N3O2. The third-order valence-corrected chi connectivity index (χ3v) is 1.60. The largest absolute Gasteiger partial charge is 0.345 e. The van der Waals surface area contributed by atoms with E-state index in [1.54, 1.807) is 13.8 Å². The van der Waals surface area contributed by atoms with Gasteiger partial charge < -0.3 is 10.3 Å². The first-order valence-electron chi connectivity index (χ1n) is 3.86. The standard InChI is InChI=1S/C8H11N3O2/c1-4-7(11-6(3)12)5(2)10-8(13)9-4/h1-3H3,(H,11,12)(H,9,10,13). The highest BCUT2D eigenvalue weighted by atomic mass is 16.1. The fraction of sp³-hybridized carbons (Fsp3) is 0.375. The molecule has 5 nitrogen and oxygen atoms in total. The van der Waals surface area contributed by atoms with Crippen LogP contribution in [-0.4, -0.2) is 15.9 Å². The van der Waals surface area contributed by atoms with E-state index in [0.29, 0.717) is 17.1 Å². The molecular weight excluding hydrogens is 170 g/mol. The van der Waals surface area contributed by atoms with Crippen molar-refractivity contribution in [1.82, 2.24) is 9.97 Å². The molecule has 0 aliphatic carbocycles. The summed E-state index contributed by atoms with van der Waals surface area (Å²) in [4.78, 5) is 27.8. The lowest BCUT2D eigenvalue weighted by atomic mass is 10.3. The van der Waals surface area contributed by atoms with Crippen molar-refractivity contribution in [3.05, 3.63) is 21.9 Å². The number of aromatic amines is 1. The average molecular weight is 181 g/mol. The van der Waals surface area contributed by atoms with E-state index in [4.69, 9.17) is 0 Å². The molecule has 0 radical (unpaired) electrons. The van der Waals surface area contributed by atoms with Crippen molar-refractivity contribution in [3.63, 3.8) is 0 Å². The van der Waals surface area contributed by atoms with Crippen LogP contribution in [0.2, 0.25) is 0 Å². The number of aromatic nitrogens is 2. The van der Waals surface area contributed by atoms with Gasteiger partial charge in [-0.2, -0.15) is 4.98 Å². The molecule has 2 N–H and O–H groups in total. The van der Waals surface area contributed by atoms with Gasteiger partial charge in [0.1, 0.15) is 0 Å². The van der Waals surface area contributed by atoms with Gasteiger partial charge in [0, 0.05) is 12.6 Å². The van der Waals surface area contributed by atoms with Crippen LogP contribution in [0.5, 0.6) is 0 Å². The summed E-state index contributed by atoms with van der Waals surface area (Å²) < 4.78 is 0. The molecule has 5 heteroatoms. The minimum Gasteiger partial charge on any atom is -0.323 e. The summed E-state index contributed by atoms with van der Waals surface area (Å²) in [5.41, 5.74) is 1.32. The Bertz CT molecular complexity index is 369. The van der Waals surface area contributed by atoms with Crippen LogP contribution < -0.4 is 11.0 Å². The van der Waals surface area contributed by atoms with Crippen LogP contribution in [0.1, 0.15) is 18.3 Å². The second kappa shape index (κ2) is 3.38. The molecule has 1 heterocycles. The van der Waals surface area contributed by atoms with Crippen LogP contribution in [0.4, 0.5) is 5.69 Å². The van der Waals surface area contributed by atoms with Gasteiger partial charge in [-0.15, -0.1) is 0 Å². The molecule has 0 aliphatic rings. The first-order chi connectivity index (χ1) is 6.00.